The minimum absolute atomic E-state index is 0.121. The number of aromatic nitrogens is 4. The Bertz CT molecular complexity index is 987. The number of anilines is 1. The summed E-state index contributed by atoms with van der Waals surface area (Å²) in [6.07, 6.45) is -0.241. The SMILES string of the molecule is Cc1ncc(Br)cc1NC(=O)c1cccc(-c2cnn(CC(F)(F)F)c2)n1. The Balaban J connectivity index is 1.81. The van der Waals surface area contributed by atoms with Crippen molar-refractivity contribution in [3.05, 3.63) is 58.7 Å². The molecule has 0 radical (unpaired) electrons. The third kappa shape index (κ3) is 4.91. The second-order valence-corrected chi connectivity index (χ2v) is 6.61. The van der Waals surface area contributed by atoms with Crippen LogP contribution in [0.2, 0.25) is 0 Å². The molecule has 10 heteroatoms. The van der Waals surface area contributed by atoms with E-state index in [1.165, 1.54) is 18.5 Å². The topological polar surface area (TPSA) is 72.7 Å². The van der Waals surface area contributed by atoms with Crippen molar-refractivity contribution in [3.8, 4) is 11.3 Å². The number of carbonyl (C=O) groups is 1. The van der Waals surface area contributed by atoms with Crippen LogP contribution in [0.4, 0.5) is 18.9 Å². The zero-order valence-electron chi connectivity index (χ0n) is 14.0. The van der Waals surface area contributed by atoms with E-state index < -0.39 is 18.6 Å². The Hall–Kier alpha value is -2.75. The lowest BCUT2D eigenvalue weighted by atomic mass is 10.2. The van der Waals surface area contributed by atoms with Crippen LogP contribution < -0.4 is 5.32 Å². The fourth-order valence-electron chi connectivity index (χ4n) is 2.31. The second kappa shape index (κ2) is 7.47. The predicted molar refractivity (Wildman–Crippen MR) is 96.1 cm³/mol. The molecule has 0 saturated carbocycles. The van der Waals surface area contributed by atoms with E-state index in [0.717, 1.165) is 4.68 Å². The number of nitrogens with one attached hydrogen (secondary N) is 1. The molecule has 0 aliphatic heterocycles. The van der Waals surface area contributed by atoms with Gasteiger partial charge in [-0.1, -0.05) is 6.07 Å². The van der Waals surface area contributed by atoms with E-state index in [0.29, 0.717) is 27.1 Å². The van der Waals surface area contributed by atoms with Gasteiger partial charge in [-0.2, -0.15) is 18.3 Å². The zero-order valence-corrected chi connectivity index (χ0v) is 15.5. The van der Waals surface area contributed by atoms with Crippen LogP contribution in [-0.4, -0.2) is 31.8 Å². The van der Waals surface area contributed by atoms with Crippen LogP contribution in [0.25, 0.3) is 11.3 Å². The highest BCUT2D eigenvalue weighted by molar-refractivity contribution is 9.10. The van der Waals surface area contributed by atoms with E-state index in [1.54, 1.807) is 31.3 Å². The summed E-state index contributed by atoms with van der Waals surface area (Å²) in [6.45, 7) is 0.559. The highest BCUT2D eigenvalue weighted by Crippen LogP contribution is 2.22. The number of rotatable bonds is 4. The number of hydrogen-bond donors (Lipinski definition) is 1. The number of carbonyl (C=O) groups excluding carboxylic acids is 1. The lowest BCUT2D eigenvalue weighted by molar-refractivity contribution is -0.142. The Labute approximate surface area is 160 Å². The summed E-state index contributed by atoms with van der Waals surface area (Å²) in [7, 11) is 0. The monoisotopic (exact) mass is 439 g/mol. The fraction of sp³-hybridized carbons (Fsp3) is 0.176. The molecule has 0 atom stereocenters. The molecule has 1 N–H and O–H groups in total. The predicted octanol–water partition coefficient (Wildman–Crippen LogP) is 4.23. The van der Waals surface area contributed by atoms with E-state index >= 15 is 0 Å². The van der Waals surface area contributed by atoms with Gasteiger partial charge in [0.1, 0.15) is 12.2 Å². The van der Waals surface area contributed by atoms with Crippen LogP contribution >= 0.6 is 15.9 Å². The first-order chi connectivity index (χ1) is 12.7. The average molecular weight is 440 g/mol. The quantitative estimate of drug-likeness (QED) is 0.660. The van der Waals surface area contributed by atoms with Crippen LogP contribution in [0, 0.1) is 6.92 Å². The molecule has 0 spiro atoms. The van der Waals surface area contributed by atoms with Crippen molar-refractivity contribution >= 4 is 27.5 Å². The summed E-state index contributed by atoms with van der Waals surface area (Å²) in [4.78, 5) is 20.8. The summed E-state index contributed by atoms with van der Waals surface area (Å²) in [5.74, 6) is -0.456. The third-order valence-electron chi connectivity index (χ3n) is 3.55. The van der Waals surface area contributed by atoms with Gasteiger partial charge in [-0.25, -0.2) is 4.98 Å². The summed E-state index contributed by atoms with van der Waals surface area (Å²) < 4.78 is 38.8. The maximum absolute atomic E-state index is 12.5. The van der Waals surface area contributed by atoms with Gasteiger partial charge in [0, 0.05) is 22.4 Å². The number of alkyl halides is 3. The van der Waals surface area contributed by atoms with E-state index in [1.807, 2.05) is 0 Å². The molecule has 3 heterocycles. The van der Waals surface area contributed by atoms with Gasteiger partial charge in [-0.3, -0.25) is 14.5 Å². The van der Waals surface area contributed by atoms with Crippen molar-refractivity contribution in [1.82, 2.24) is 19.7 Å². The number of hydrogen-bond acceptors (Lipinski definition) is 4. The van der Waals surface area contributed by atoms with Crippen molar-refractivity contribution in [1.29, 1.82) is 0 Å². The Morgan fingerprint density at radius 2 is 2.07 bits per heavy atom. The van der Waals surface area contributed by atoms with Gasteiger partial charge in [0.25, 0.3) is 5.91 Å². The van der Waals surface area contributed by atoms with Crippen LogP contribution in [-0.2, 0) is 6.54 Å². The van der Waals surface area contributed by atoms with Gasteiger partial charge in [0.15, 0.2) is 0 Å². The molecule has 6 nitrogen and oxygen atoms in total. The smallest absolute Gasteiger partial charge is 0.319 e. The van der Waals surface area contributed by atoms with Crippen molar-refractivity contribution in [2.75, 3.05) is 5.32 Å². The molecule has 3 aromatic heterocycles. The van der Waals surface area contributed by atoms with Crippen LogP contribution in [0.15, 0.2) is 47.3 Å². The molecule has 3 aromatic rings. The van der Waals surface area contributed by atoms with E-state index in [2.05, 4.69) is 36.3 Å². The van der Waals surface area contributed by atoms with Crippen molar-refractivity contribution in [3.63, 3.8) is 0 Å². The van der Waals surface area contributed by atoms with Gasteiger partial charge in [-0.15, -0.1) is 0 Å². The minimum atomic E-state index is -4.37. The molecule has 1 amide bonds. The van der Waals surface area contributed by atoms with E-state index in [4.69, 9.17) is 0 Å². The minimum Gasteiger partial charge on any atom is -0.319 e. The number of amides is 1. The normalized spacial score (nSPS) is 11.4. The number of halogens is 4. The lowest BCUT2D eigenvalue weighted by Crippen LogP contribution is -2.17. The largest absolute Gasteiger partial charge is 0.408 e. The molecule has 27 heavy (non-hydrogen) atoms. The van der Waals surface area contributed by atoms with Crippen LogP contribution in [0.5, 0.6) is 0 Å². The average Bonchev–Trinajstić information content (AvgIpc) is 3.05. The summed E-state index contributed by atoms with van der Waals surface area (Å²) in [5, 5.41) is 6.40. The first-order valence-corrected chi connectivity index (χ1v) is 8.51. The lowest BCUT2D eigenvalue weighted by Gasteiger charge is -2.08. The first-order valence-electron chi connectivity index (χ1n) is 7.71. The van der Waals surface area contributed by atoms with Gasteiger partial charge >= 0.3 is 6.18 Å². The van der Waals surface area contributed by atoms with Crippen LogP contribution in [0.3, 0.4) is 0 Å². The van der Waals surface area contributed by atoms with E-state index in [9.17, 15) is 18.0 Å². The Morgan fingerprint density at radius 3 is 2.81 bits per heavy atom. The standard InChI is InChI=1S/C17H13BrF3N5O/c1-10-15(5-12(18)7-22-10)25-16(27)14-4-2-3-13(24-14)11-6-23-26(8-11)9-17(19,20)21/h2-8H,9H2,1H3,(H,25,27). The molecule has 0 aliphatic rings. The van der Waals surface area contributed by atoms with Crippen molar-refractivity contribution in [2.45, 2.75) is 19.6 Å². The number of aryl methyl sites for hydroxylation is 1. The molecule has 3 rings (SSSR count). The molecule has 0 aliphatic carbocycles. The van der Waals surface area contributed by atoms with Crippen LogP contribution in [0.1, 0.15) is 16.2 Å². The second-order valence-electron chi connectivity index (χ2n) is 5.69. The summed E-state index contributed by atoms with van der Waals surface area (Å²) in [5.41, 5.74) is 2.01. The van der Waals surface area contributed by atoms with Gasteiger partial charge in [-0.05, 0) is 41.1 Å². The molecule has 0 fully saturated rings. The fourth-order valence-corrected chi connectivity index (χ4v) is 2.64. The molecular weight excluding hydrogens is 427 g/mol. The highest BCUT2D eigenvalue weighted by Gasteiger charge is 2.28. The molecule has 0 saturated heterocycles. The van der Waals surface area contributed by atoms with Crippen molar-refractivity contribution in [2.24, 2.45) is 0 Å². The maximum atomic E-state index is 12.5. The van der Waals surface area contributed by atoms with Gasteiger partial charge < -0.3 is 5.32 Å². The number of nitrogens with zero attached hydrogens (tertiary/aromatic N) is 4. The molecule has 0 bridgehead atoms. The highest BCUT2D eigenvalue weighted by atomic mass is 79.9. The van der Waals surface area contributed by atoms with Gasteiger partial charge in [0.2, 0.25) is 0 Å². The molecular formula is C17H13BrF3N5O. The number of pyridine rings is 2. The maximum Gasteiger partial charge on any atom is 0.408 e. The Morgan fingerprint density at radius 1 is 1.30 bits per heavy atom. The Kier molecular flexibility index (Phi) is 5.26. The zero-order chi connectivity index (χ0) is 19.6. The molecule has 0 unspecified atom stereocenters. The van der Waals surface area contributed by atoms with E-state index in [-0.39, 0.29) is 5.69 Å². The first kappa shape index (κ1) is 19.0. The van der Waals surface area contributed by atoms with Crippen molar-refractivity contribution < 1.29 is 18.0 Å². The summed E-state index contributed by atoms with van der Waals surface area (Å²) >= 11 is 3.29. The third-order valence-corrected chi connectivity index (χ3v) is 3.99. The van der Waals surface area contributed by atoms with Gasteiger partial charge in [0.05, 0.1) is 23.3 Å². The molecule has 140 valence electrons. The molecule has 0 aromatic carbocycles. The summed E-state index contributed by atoms with van der Waals surface area (Å²) in [6, 6.07) is 6.42.